The van der Waals surface area contributed by atoms with E-state index < -0.39 is 18.3 Å². The summed E-state index contributed by atoms with van der Waals surface area (Å²) in [7, 11) is 0.974. The zero-order chi connectivity index (χ0) is 17.0. The van der Waals surface area contributed by atoms with E-state index in [9.17, 15) is 4.79 Å². The number of aromatic nitrogens is 2. The maximum absolute atomic E-state index is 11.9. The van der Waals surface area contributed by atoms with Crippen LogP contribution in [0.25, 0.3) is 10.9 Å². The summed E-state index contributed by atoms with van der Waals surface area (Å²) in [6.45, 7) is 9.42. The Kier molecular flexibility index (Phi) is 3.53. The second-order valence-electron chi connectivity index (χ2n) is 6.79. The highest BCUT2D eigenvalue weighted by Gasteiger charge is 2.53. The van der Waals surface area contributed by atoms with Gasteiger partial charge in [0.2, 0.25) is 5.91 Å². The van der Waals surface area contributed by atoms with Crippen LogP contribution in [0.3, 0.4) is 0 Å². The Morgan fingerprint density at radius 2 is 1.83 bits per heavy atom. The summed E-state index contributed by atoms with van der Waals surface area (Å²) < 4.78 is 18.7. The summed E-state index contributed by atoms with van der Waals surface area (Å²) in [5.74, 6) is 0.492. The van der Waals surface area contributed by atoms with Gasteiger partial charge in [-0.15, -0.1) is 0 Å². The second kappa shape index (κ2) is 5.07. The standard InChI is InChI=1S/C16H21BN2O4/c1-10(20)19-13-9-11(21-6)7-8-12(13)14(18-19)17-22-15(2,3)16(4,5)23-17/h7-9H,1-6H3. The van der Waals surface area contributed by atoms with E-state index in [-0.39, 0.29) is 5.91 Å². The Labute approximate surface area is 135 Å². The van der Waals surface area contributed by atoms with Crippen LogP contribution < -0.4 is 10.3 Å². The number of hydrogen-bond acceptors (Lipinski definition) is 5. The molecule has 2 heterocycles. The molecular formula is C16H21BN2O4. The zero-order valence-corrected chi connectivity index (χ0v) is 14.3. The normalized spacial score (nSPS) is 19.3. The molecule has 1 aromatic carbocycles. The Morgan fingerprint density at radius 1 is 1.22 bits per heavy atom. The lowest BCUT2D eigenvalue weighted by atomic mass is 9.82. The summed E-state index contributed by atoms with van der Waals surface area (Å²) >= 11 is 0. The first-order valence-electron chi connectivity index (χ1n) is 7.59. The maximum Gasteiger partial charge on any atom is 0.517 e. The first-order chi connectivity index (χ1) is 10.7. The van der Waals surface area contributed by atoms with Crippen LogP contribution in [0.4, 0.5) is 0 Å². The van der Waals surface area contributed by atoms with Gasteiger partial charge in [-0.05, 0) is 39.8 Å². The van der Waals surface area contributed by atoms with Crippen LogP contribution in [0.1, 0.15) is 39.4 Å². The van der Waals surface area contributed by atoms with Crippen molar-refractivity contribution in [2.45, 2.75) is 45.8 Å². The average Bonchev–Trinajstić information content (AvgIpc) is 2.93. The number of methoxy groups -OCH3 is 1. The average molecular weight is 316 g/mol. The van der Waals surface area contributed by atoms with Crippen molar-refractivity contribution in [1.29, 1.82) is 0 Å². The Bertz CT molecular complexity index is 766. The molecule has 122 valence electrons. The fraction of sp³-hybridized carbons (Fsp3) is 0.500. The molecule has 2 aromatic rings. The van der Waals surface area contributed by atoms with Crippen LogP contribution in [0.5, 0.6) is 5.75 Å². The minimum atomic E-state index is -0.614. The SMILES string of the molecule is COc1ccc2c(B3OC(C)(C)C(C)(C)O3)nn(C(C)=O)c2c1. The van der Waals surface area contributed by atoms with Crippen LogP contribution in [-0.4, -0.2) is 41.1 Å². The minimum absolute atomic E-state index is 0.175. The third-order valence-electron chi connectivity index (χ3n) is 4.69. The number of benzene rings is 1. The predicted octanol–water partition coefficient (Wildman–Crippen LogP) is 2.00. The van der Waals surface area contributed by atoms with Gasteiger partial charge in [0, 0.05) is 18.4 Å². The molecule has 1 aromatic heterocycles. The lowest BCUT2D eigenvalue weighted by Crippen LogP contribution is -2.41. The van der Waals surface area contributed by atoms with Crippen LogP contribution in [0, 0.1) is 0 Å². The van der Waals surface area contributed by atoms with Crippen LogP contribution in [-0.2, 0) is 9.31 Å². The summed E-state index contributed by atoms with van der Waals surface area (Å²) in [5.41, 5.74) is 0.366. The molecule has 0 unspecified atom stereocenters. The summed E-state index contributed by atoms with van der Waals surface area (Å²) in [6.07, 6.45) is 0. The van der Waals surface area contributed by atoms with E-state index in [0.29, 0.717) is 16.9 Å². The van der Waals surface area contributed by atoms with E-state index in [4.69, 9.17) is 14.0 Å². The topological polar surface area (TPSA) is 62.6 Å². The lowest BCUT2D eigenvalue weighted by molar-refractivity contribution is 0.00578. The van der Waals surface area contributed by atoms with Gasteiger partial charge in [0.15, 0.2) is 0 Å². The van der Waals surface area contributed by atoms with Crippen LogP contribution >= 0.6 is 0 Å². The van der Waals surface area contributed by atoms with Crippen molar-refractivity contribution in [1.82, 2.24) is 9.78 Å². The summed E-state index contributed by atoms with van der Waals surface area (Å²) in [4.78, 5) is 11.9. The highest BCUT2D eigenvalue weighted by molar-refractivity contribution is 6.64. The number of rotatable bonds is 2. The van der Waals surface area contributed by atoms with Crippen molar-refractivity contribution in [2.24, 2.45) is 0 Å². The zero-order valence-electron chi connectivity index (χ0n) is 14.3. The number of nitrogens with zero attached hydrogens (tertiary/aromatic N) is 2. The fourth-order valence-corrected chi connectivity index (χ4v) is 2.61. The van der Waals surface area contributed by atoms with Gasteiger partial charge in [-0.25, -0.2) is 4.68 Å². The molecule has 0 saturated carbocycles. The minimum Gasteiger partial charge on any atom is -0.497 e. The van der Waals surface area contributed by atoms with E-state index in [1.165, 1.54) is 11.6 Å². The van der Waals surface area contributed by atoms with Crippen molar-refractivity contribution >= 4 is 29.5 Å². The quantitative estimate of drug-likeness (QED) is 0.793. The molecule has 1 aliphatic heterocycles. The van der Waals surface area contributed by atoms with Gasteiger partial charge in [0.1, 0.15) is 11.3 Å². The Morgan fingerprint density at radius 3 is 2.35 bits per heavy atom. The van der Waals surface area contributed by atoms with Crippen LogP contribution in [0.15, 0.2) is 18.2 Å². The van der Waals surface area contributed by atoms with Crippen molar-refractivity contribution in [3.05, 3.63) is 18.2 Å². The van der Waals surface area contributed by atoms with Crippen molar-refractivity contribution in [3.8, 4) is 5.75 Å². The van der Waals surface area contributed by atoms with Gasteiger partial charge < -0.3 is 14.0 Å². The van der Waals surface area contributed by atoms with Crippen molar-refractivity contribution in [2.75, 3.05) is 7.11 Å². The second-order valence-corrected chi connectivity index (χ2v) is 6.79. The van der Waals surface area contributed by atoms with Crippen LogP contribution in [0.2, 0.25) is 0 Å². The summed E-state index contributed by atoms with van der Waals surface area (Å²) in [5, 5.41) is 5.26. The largest absolute Gasteiger partial charge is 0.517 e. The highest BCUT2D eigenvalue weighted by Crippen LogP contribution is 2.37. The lowest BCUT2D eigenvalue weighted by Gasteiger charge is -2.32. The molecule has 6 nitrogen and oxygen atoms in total. The number of hydrogen-bond donors (Lipinski definition) is 0. The molecule has 3 rings (SSSR count). The fourth-order valence-electron chi connectivity index (χ4n) is 2.61. The molecule has 0 bridgehead atoms. The molecule has 0 aliphatic carbocycles. The smallest absolute Gasteiger partial charge is 0.497 e. The monoisotopic (exact) mass is 316 g/mol. The number of carbonyl (C=O) groups is 1. The predicted molar refractivity (Wildman–Crippen MR) is 88.3 cm³/mol. The first kappa shape index (κ1) is 16.0. The number of fused-ring (bicyclic) bond motifs is 1. The van der Waals surface area contributed by atoms with E-state index >= 15 is 0 Å². The molecule has 0 atom stereocenters. The van der Waals surface area contributed by atoms with E-state index in [1.54, 1.807) is 13.2 Å². The highest BCUT2D eigenvalue weighted by atomic mass is 16.7. The molecule has 1 fully saturated rings. The third kappa shape index (κ3) is 2.44. The first-order valence-corrected chi connectivity index (χ1v) is 7.59. The molecule has 1 saturated heterocycles. The Balaban J connectivity index is 2.14. The van der Waals surface area contributed by atoms with Gasteiger partial charge >= 0.3 is 7.12 Å². The molecule has 0 N–H and O–H groups in total. The molecule has 0 spiro atoms. The van der Waals surface area contributed by atoms with E-state index in [0.717, 1.165) is 5.39 Å². The van der Waals surface area contributed by atoms with Gasteiger partial charge in [0.05, 0.1) is 23.8 Å². The number of ether oxygens (including phenoxy) is 1. The van der Waals surface area contributed by atoms with Gasteiger partial charge in [-0.1, -0.05) is 0 Å². The molecule has 0 radical (unpaired) electrons. The molecule has 7 heteroatoms. The molecule has 23 heavy (non-hydrogen) atoms. The Hall–Kier alpha value is -1.86. The summed E-state index contributed by atoms with van der Waals surface area (Å²) in [6, 6.07) is 5.50. The van der Waals surface area contributed by atoms with Gasteiger partial charge in [-0.3, -0.25) is 4.79 Å². The third-order valence-corrected chi connectivity index (χ3v) is 4.69. The van der Waals surface area contributed by atoms with Gasteiger partial charge in [-0.2, -0.15) is 5.10 Å². The number of carbonyl (C=O) groups excluding carboxylic acids is 1. The van der Waals surface area contributed by atoms with Crippen molar-refractivity contribution < 1.29 is 18.8 Å². The molecular weight excluding hydrogens is 295 g/mol. The van der Waals surface area contributed by atoms with E-state index in [2.05, 4.69) is 5.10 Å². The molecule has 0 amide bonds. The molecule has 1 aliphatic rings. The van der Waals surface area contributed by atoms with E-state index in [1.807, 2.05) is 39.8 Å². The maximum atomic E-state index is 11.9. The van der Waals surface area contributed by atoms with Crippen molar-refractivity contribution in [3.63, 3.8) is 0 Å². The van der Waals surface area contributed by atoms with Gasteiger partial charge in [0.25, 0.3) is 0 Å².